The van der Waals surface area contributed by atoms with Crippen molar-refractivity contribution in [1.82, 2.24) is 9.97 Å². The monoisotopic (exact) mass is 236 g/mol. The molecule has 0 radical (unpaired) electrons. The number of nitrogens with zero attached hydrogens (tertiary/aromatic N) is 2. The maximum Gasteiger partial charge on any atom is 0.224 e. The molecule has 2 heterocycles. The van der Waals surface area contributed by atoms with Gasteiger partial charge in [0.2, 0.25) is 5.95 Å². The van der Waals surface area contributed by atoms with E-state index in [2.05, 4.69) is 27.5 Å². The molecular weight excluding hydrogens is 216 g/mol. The fourth-order valence-electron chi connectivity index (χ4n) is 1.98. The highest BCUT2D eigenvalue weighted by Gasteiger charge is 2.23. The van der Waals surface area contributed by atoms with Gasteiger partial charge in [-0.15, -0.1) is 0 Å². The van der Waals surface area contributed by atoms with Crippen molar-refractivity contribution >= 4 is 11.8 Å². The van der Waals surface area contributed by atoms with Gasteiger partial charge in [-0.05, 0) is 26.3 Å². The smallest absolute Gasteiger partial charge is 0.224 e. The lowest BCUT2D eigenvalue weighted by Gasteiger charge is -2.15. The second-order valence-electron chi connectivity index (χ2n) is 4.30. The zero-order chi connectivity index (χ0) is 12.1. The minimum atomic E-state index is 0.345. The molecule has 1 aromatic rings. The van der Waals surface area contributed by atoms with Gasteiger partial charge in [-0.3, -0.25) is 0 Å². The van der Waals surface area contributed by atoms with Crippen LogP contribution in [0.1, 0.15) is 20.3 Å². The number of aromatic nitrogens is 2. The van der Waals surface area contributed by atoms with Crippen LogP contribution < -0.4 is 10.6 Å². The van der Waals surface area contributed by atoms with E-state index in [-0.39, 0.29) is 0 Å². The summed E-state index contributed by atoms with van der Waals surface area (Å²) in [7, 11) is 0. The summed E-state index contributed by atoms with van der Waals surface area (Å²) in [6, 6.07) is 1.89. The van der Waals surface area contributed by atoms with Gasteiger partial charge in [0.15, 0.2) is 0 Å². The van der Waals surface area contributed by atoms with Crippen LogP contribution in [0.2, 0.25) is 0 Å². The van der Waals surface area contributed by atoms with Gasteiger partial charge in [0, 0.05) is 31.8 Å². The van der Waals surface area contributed by atoms with E-state index >= 15 is 0 Å². The van der Waals surface area contributed by atoms with Crippen molar-refractivity contribution in [3.05, 3.63) is 12.3 Å². The highest BCUT2D eigenvalue weighted by Crippen LogP contribution is 2.20. The first-order chi connectivity index (χ1) is 8.29. The summed E-state index contributed by atoms with van der Waals surface area (Å²) in [6.45, 7) is 6.77. The number of hydrogen-bond donors (Lipinski definition) is 2. The third-order valence-electron chi connectivity index (χ3n) is 3.07. The summed E-state index contributed by atoms with van der Waals surface area (Å²) in [5.41, 5.74) is 0. The molecule has 1 saturated heterocycles. The molecule has 2 unspecified atom stereocenters. The van der Waals surface area contributed by atoms with Crippen LogP contribution in [0.25, 0.3) is 0 Å². The van der Waals surface area contributed by atoms with Crippen LogP contribution in [0.5, 0.6) is 0 Å². The Kier molecular flexibility index (Phi) is 4.14. The average Bonchev–Trinajstić information content (AvgIpc) is 2.73. The van der Waals surface area contributed by atoms with E-state index in [0.717, 1.165) is 31.9 Å². The summed E-state index contributed by atoms with van der Waals surface area (Å²) in [5, 5.41) is 6.44. The highest BCUT2D eigenvalue weighted by molar-refractivity contribution is 5.39. The van der Waals surface area contributed by atoms with Crippen LogP contribution in [-0.2, 0) is 4.74 Å². The Morgan fingerprint density at radius 2 is 2.35 bits per heavy atom. The first kappa shape index (κ1) is 12.1. The van der Waals surface area contributed by atoms with Crippen LogP contribution in [0.4, 0.5) is 11.8 Å². The normalized spacial score (nSPS) is 23.6. The van der Waals surface area contributed by atoms with Gasteiger partial charge in [-0.25, -0.2) is 4.98 Å². The molecule has 0 spiro atoms. The highest BCUT2D eigenvalue weighted by atomic mass is 16.5. The summed E-state index contributed by atoms with van der Waals surface area (Å²) >= 11 is 0. The number of hydrogen-bond acceptors (Lipinski definition) is 5. The number of anilines is 2. The molecule has 1 fully saturated rings. The zero-order valence-electron chi connectivity index (χ0n) is 10.4. The second-order valence-corrected chi connectivity index (χ2v) is 4.30. The molecule has 1 aromatic heterocycles. The molecule has 2 N–H and O–H groups in total. The average molecular weight is 236 g/mol. The molecule has 0 aliphatic carbocycles. The van der Waals surface area contributed by atoms with E-state index < -0.39 is 0 Å². The molecule has 0 amide bonds. The Morgan fingerprint density at radius 3 is 3.06 bits per heavy atom. The summed E-state index contributed by atoms with van der Waals surface area (Å²) in [5.74, 6) is 2.12. The maximum atomic E-state index is 5.53. The number of nitrogens with one attached hydrogen (secondary N) is 2. The lowest BCUT2D eigenvalue weighted by molar-refractivity contribution is 0.108. The van der Waals surface area contributed by atoms with E-state index in [1.165, 1.54) is 0 Å². The van der Waals surface area contributed by atoms with Crippen molar-refractivity contribution in [2.24, 2.45) is 5.92 Å². The lowest BCUT2D eigenvalue weighted by atomic mass is 10.0. The summed E-state index contributed by atoms with van der Waals surface area (Å²) in [4.78, 5) is 8.51. The fourth-order valence-corrected chi connectivity index (χ4v) is 1.98. The molecule has 1 aliphatic heterocycles. The van der Waals surface area contributed by atoms with Crippen molar-refractivity contribution in [3.8, 4) is 0 Å². The van der Waals surface area contributed by atoms with Gasteiger partial charge < -0.3 is 15.4 Å². The van der Waals surface area contributed by atoms with Gasteiger partial charge in [-0.2, -0.15) is 4.98 Å². The minimum absolute atomic E-state index is 0.345. The topological polar surface area (TPSA) is 59.1 Å². The van der Waals surface area contributed by atoms with Gasteiger partial charge in [0.25, 0.3) is 0 Å². The largest absolute Gasteiger partial charge is 0.378 e. The van der Waals surface area contributed by atoms with Crippen LogP contribution in [0.15, 0.2) is 12.3 Å². The molecule has 0 saturated carbocycles. The lowest BCUT2D eigenvalue weighted by Crippen LogP contribution is -2.21. The third kappa shape index (κ3) is 3.30. The fraction of sp³-hybridized carbons (Fsp3) is 0.667. The first-order valence-electron chi connectivity index (χ1n) is 6.22. The van der Waals surface area contributed by atoms with Crippen LogP contribution in [0, 0.1) is 5.92 Å². The maximum absolute atomic E-state index is 5.53. The molecule has 2 atom stereocenters. The van der Waals surface area contributed by atoms with Crippen LogP contribution >= 0.6 is 0 Å². The van der Waals surface area contributed by atoms with E-state index in [1.807, 2.05) is 13.0 Å². The van der Waals surface area contributed by atoms with Crippen LogP contribution in [-0.4, -0.2) is 35.8 Å². The third-order valence-corrected chi connectivity index (χ3v) is 3.07. The Labute approximate surface area is 102 Å². The molecule has 17 heavy (non-hydrogen) atoms. The molecule has 1 aliphatic rings. The van der Waals surface area contributed by atoms with Crippen LogP contribution in [0.3, 0.4) is 0 Å². The standard InChI is InChI=1S/C12H20N4O/c1-3-13-12-14-6-4-11(16-12)15-8-10-5-7-17-9(10)2/h4,6,9-10H,3,5,7-8H2,1-2H3,(H2,13,14,15,16). The molecular formula is C12H20N4O. The van der Waals surface area contributed by atoms with Gasteiger partial charge in [-0.1, -0.05) is 0 Å². The van der Waals surface area contributed by atoms with Crippen molar-refractivity contribution < 1.29 is 4.74 Å². The van der Waals surface area contributed by atoms with Gasteiger partial charge in [0.05, 0.1) is 6.10 Å². The van der Waals surface area contributed by atoms with Crippen molar-refractivity contribution in [2.45, 2.75) is 26.4 Å². The molecule has 2 rings (SSSR count). The quantitative estimate of drug-likeness (QED) is 0.815. The van der Waals surface area contributed by atoms with Gasteiger partial charge >= 0.3 is 0 Å². The molecule has 0 bridgehead atoms. The SMILES string of the molecule is CCNc1nccc(NCC2CCOC2C)n1. The first-order valence-corrected chi connectivity index (χ1v) is 6.22. The zero-order valence-corrected chi connectivity index (χ0v) is 10.4. The minimum Gasteiger partial charge on any atom is -0.378 e. The van der Waals surface area contributed by atoms with E-state index in [1.54, 1.807) is 6.20 Å². The number of ether oxygens (including phenoxy) is 1. The van der Waals surface area contributed by atoms with E-state index in [0.29, 0.717) is 18.0 Å². The Balaban J connectivity index is 1.87. The predicted molar refractivity (Wildman–Crippen MR) is 68.2 cm³/mol. The number of rotatable bonds is 5. The summed E-state index contributed by atoms with van der Waals surface area (Å²) in [6.07, 6.45) is 3.24. The molecule has 94 valence electrons. The molecule has 5 heteroatoms. The van der Waals surface area contributed by atoms with Crippen molar-refractivity contribution in [1.29, 1.82) is 0 Å². The summed E-state index contributed by atoms with van der Waals surface area (Å²) < 4.78 is 5.53. The Bertz CT molecular complexity index is 358. The van der Waals surface area contributed by atoms with Crippen molar-refractivity contribution in [3.63, 3.8) is 0 Å². The Morgan fingerprint density at radius 1 is 1.47 bits per heavy atom. The molecule has 5 nitrogen and oxygen atoms in total. The van der Waals surface area contributed by atoms with E-state index in [9.17, 15) is 0 Å². The predicted octanol–water partition coefficient (Wildman–Crippen LogP) is 1.75. The van der Waals surface area contributed by atoms with Gasteiger partial charge in [0.1, 0.15) is 5.82 Å². The van der Waals surface area contributed by atoms with Crippen molar-refractivity contribution in [2.75, 3.05) is 30.3 Å². The second kappa shape index (κ2) is 5.82. The Hall–Kier alpha value is -1.36. The molecule has 0 aromatic carbocycles. The van der Waals surface area contributed by atoms with E-state index in [4.69, 9.17) is 4.74 Å².